The first-order valence-corrected chi connectivity index (χ1v) is 12.9. The molecule has 3 heterocycles. The van der Waals surface area contributed by atoms with E-state index in [1.807, 2.05) is 77.7 Å². The molecule has 34 heavy (non-hydrogen) atoms. The number of benzene rings is 2. The number of sulfonamides is 1. The third-order valence-electron chi connectivity index (χ3n) is 5.52. The summed E-state index contributed by atoms with van der Waals surface area (Å²) in [5, 5.41) is 3.92. The Morgan fingerprint density at radius 1 is 0.971 bits per heavy atom. The summed E-state index contributed by atoms with van der Waals surface area (Å²) in [7, 11) is -3.37. The van der Waals surface area contributed by atoms with Gasteiger partial charge in [0.1, 0.15) is 17.6 Å². The number of rotatable bonds is 6. The van der Waals surface area contributed by atoms with Crippen LogP contribution in [-0.2, 0) is 10.0 Å². The maximum absolute atomic E-state index is 11.6. The molecule has 0 radical (unpaired) electrons. The third-order valence-corrected chi connectivity index (χ3v) is 6.44. The number of pyridine rings is 1. The number of aromatic nitrogens is 1. The molecule has 4 aromatic rings. The fraction of sp³-hybridized carbons (Fsp3) is 0.120. The molecule has 5 rings (SSSR count). The summed E-state index contributed by atoms with van der Waals surface area (Å²) >= 11 is 5.73. The molecule has 0 amide bonds. The minimum absolute atomic E-state index is 0.239. The Kier molecular flexibility index (Phi) is 5.80. The highest BCUT2D eigenvalue weighted by molar-refractivity contribution is 7.92. The van der Waals surface area contributed by atoms with Gasteiger partial charge in [0.2, 0.25) is 10.0 Å². The Morgan fingerprint density at radius 3 is 2.38 bits per heavy atom. The van der Waals surface area contributed by atoms with E-state index < -0.39 is 10.0 Å². The molecule has 9 heteroatoms. The molecule has 0 unspecified atom stereocenters. The number of furan rings is 1. The molecule has 0 saturated carbocycles. The van der Waals surface area contributed by atoms with Gasteiger partial charge in [-0.25, -0.2) is 8.42 Å². The molecule has 7 nitrogen and oxygen atoms in total. The van der Waals surface area contributed by atoms with Crippen LogP contribution in [0.5, 0.6) is 0 Å². The first-order chi connectivity index (χ1) is 16.4. The van der Waals surface area contributed by atoms with Crippen LogP contribution in [0, 0.1) is 0 Å². The van der Waals surface area contributed by atoms with Gasteiger partial charge in [-0.3, -0.25) is 9.71 Å². The van der Waals surface area contributed by atoms with Gasteiger partial charge in [-0.1, -0.05) is 36.4 Å². The van der Waals surface area contributed by atoms with E-state index in [1.165, 1.54) is 0 Å². The average molecular weight is 491 g/mol. The van der Waals surface area contributed by atoms with Crippen molar-refractivity contribution in [2.24, 2.45) is 0 Å². The smallest absolute Gasteiger partial charge is 0.229 e. The summed E-state index contributed by atoms with van der Waals surface area (Å²) in [6, 6.07) is 26.1. The SMILES string of the molecule is CS(=O)(=O)Nc1ccc(N2C(=S)N[C@H](c3ccccn3)[C@H]2c2ccc(-c3ccccc3)o2)cc1. The lowest BCUT2D eigenvalue weighted by atomic mass is 10.0. The molecule has 2 N–H and O–H groups in total. The third kappa shape index (κ3) is 4.52. The summed E-state index contributed by atoms with van der Waals surface area (Å²) < 4.78 is 32.0. The minimum Gasteiger partial charge on any atom is -0.459 e. The standard InChI is InChI=1S/C25H22N4O3S2/c1-34(30,31)28-18-10-12-19(13-11-18)29-24(23(27-25(29)33)20-9-5-6-16-26-20)22-15-14-21(32-22)17-7-3-2-4-8-17/h2-16,23-24,28H,1H3,(H,27,33)/t23-,24-/m1/s1. The van der Waals surface area contributed by atoms with Crippen molar-refractivity contribution in [1.29, 1.82) is 0 Å². The predicted octanol–water partition coefficient (Wildman–Crippen LogP) is 4.89. The molecule has 0 aliphatic carbocycles. The topological polar surface area (TPSA) is 87.5 Å². The molecule has 172 valence electrons. The number of hydrogen-bond acceptors (Lipinski definition) is 5. The van der Waals surface area contributed by atoms with Crippen LogP contribution < -0.4 is 14.9 Å². The second-order valence-corrected chi connectivity index (χ2v) is 10.1. The largest absolute Gasteiger partial charge is 0.459 e. The lowest BCUT2D eigenvalue weighted by Gasteiger charge is -2.26. The molecule has 1 aliphatic rings. The van der Waals surface area contributed by atoms with Crippen molar-refractivity contribution in [3.63, 3.8) is 0 Å². The van der Waals surface area contributed by atoms with Crippen molar-refractivity contribution in [2.45, 2.75) is 12.1 Å². The van der Waals surface area contributed by atoms with Gasteiger partial charge in [-0.2, -0.15) is 0 Å². The molecule has 1 saturated heterocycles. The van der Waals surface area contributed by atoms with E-state index >= 15 is 0 Å². The molecular formula is C25H22N4O3S2. The Balaban J connectivity index is 1.55. The summed E-state index contributed by atoms with van der Waals surface area (Å²) in [5.74, 6) is 1.50. The number of anilines is 2. The maximum atomic E-state index is 11.6. The monoisotopic (exact) mass is 490 g/mol. The molecule has 2 aromatic carbocycles. The summed E-state index contributed by atoms with van der Waals surface area (Å²) in [4.78, 5) is 6.53. The zero-order chi connectivity index (χ0) is 23.7. The summed E-state index contributed by atoms with van der Waals surface area (Å²) in [6.07, 6.45) is 2.87. The van der Waals surface area contributed by atoms with E-state index in [-0.39, 0.29) is 12.1 Å². The lowest BCUT2D eigenvalue weighted by molar-refractivity contribution is 0.439. The Hall–Kier alpha value is -3.69. The Morgan fingerprint density at radius 2 is 1.71 bits per heavy atom. The zero-order valence-electron chi connectivity index (χ0n) is 18.3. The van der Waals surface area contributed by atoms with Gasteiger partial charge in [0.15, 0.2) is 5.11 Å². The van der Waals surface area contributed by atoms with Crippen molar-refractivity contribution in [3.8, 4) is 11.3 Å². The van der Waals surface area contributed by atoms with Gasteiger partial charge in [-0.15, -0.1) is 0 Å². The van der Waals surface area contributed by atoms with Gasteiger partial charge in [0.05, 0.1) is 18.0 Å². The Bertz CT molecular complexity index is 1410. The molecule has 1 fully saturated rings. The maximum Gasteiger partial charge on any atom is 0.229 e. The number of nitrogens with one attached hydrogen (secondary N) is 2. The fourth-order valence-electron chi connectivity index (χ4n) is 4.10. The van der Waals surface area contributed by atoms with E-state index in [1.54, 1.807) is 18.3 Å². The molecular weight excluding hydrogens is 468 g/mol. The van der Waals surface area contributed by atoms with Crippen LogP contribution in [0.2, 0.25) is 0 Å². The van der Waals surface area contributed by atoms with Crippen molar-refractivity contribution in [3.05, 3.63) is 103 Å². The summed E-state index contributed by atoms with van der Waals surface area (Å²) in [5.41, 5.74) is 3.11. The van der Waals surface area contributed by atoms with Crippen molar-refractivity contribution < 1.29 is 12.8 Å². The fourth-order valence-corrected chi connectivity index (χ4v) is 5.01. The predicted molar refractivity (Wildman–Crippen MR) is 137 cm³/mol. The number of nitrogens with zero attached hydrogens (tertiary/aromatic N) is 2. The molecule has 0 spiro atoms. The van der Waals surface area contributed by atoms with Crippen LogP contribution in [0.1, 0.15) is 23.5 Å². The molecule has 2 aromatic heterocycles. The van der Waals surface area contributed by atoms with E-state index in [0.717, 1.165) is 34.7 Å². The summed E-state index contributed by atoms with van der Waals surface area (Å²) in [6.45, 7) is 0. The van der Waals surface area contributed by atoms with Crippen LogP contribution in [0.3, 0.4) is 0 Å². The average Bonchev–Trinajstić information content (AvgIpc) is 3.44. The van der Waals surface area contributed by atoms with Crippen LogP contribution in [0.4, 0.5) is 11.4 Å². The van der Waals surface area contributed by atoms with Gasteiger partial charge in [-0.05, 0) is 60.7 Å². The van der Waals surface area contributed by atoms with Crippen LogP contribution in [0.25, 0.3) is 11.3 Å². The van der Waals surface area contributed by atoms with Gasteiger partial charge in [0, 0.05) is 23.1 Å². The van der Waals surface area contributed by atoms with E-state index in [9.17, 15) is 8.42 Å². The van der Waals surface area contributed by atoms with Gasteiger partial charge in [0.25, 0.3) is 0 Å². The number of thiocarbonyl (C=S) groups is 1. The number of hydrogen-bond donors (Lipinski definition) is 2. The molecule has 2 atom stereocenters. The lowest BCUT2D eigenvalue weighted by Crippen LogP contribution is -2.29. The van der Waals surface area contributed by atoms with Crippen molar-refractivity contribution >= 4 is 38.7 Å². The van der Waals surface area contributed by atoms with Crippen LogP contribution in [-0.4, -0.2) is 24.8 Å². The van der Waals surface area contributed by atoms with Crippen LogP contribution in [0.15, 0.2) is 95.5 Å². The van der Waals surface area contributed by atoms with E-state index in [4.69, 9.17) is 16.6 Å². The highest BCUT2D eigenvalue weighted by Crippen LogP contribution is 2.43. The van der Waals surface area contributed by atoms with Gasteiger partial charge < -0.3 is 14.6 Å². The molecule has 0 bridgehead atoms. The quantitative estimate of drug-likeness (QED) is 0.372. The second kappa shape index (κ2) is 8.92. The van der Waals surface area contributed by atoms with Gasteiger partial charge >= 0.3 is 0 Å². The Labute approximate surface area is 203 Å². The first-order valence-electron chi connectivity index (χ1n) is 10.6. The van der Waals surface area contributed by atoms with E-state index in [0.29, 0.717) is 10.8 Å². The van der Waals surface area contributed by atoms with Crippen LogP contribution >= 0.6 is 12.2 Å². The minimum atomic E-state index is -3.37. The second-order valence-electron chi connectivity index (χ2n) is 7.99. The first kappa shape index (κ1) is 22.1. The van der Waals surface area contributed by atoms with E-state index in [2.05, 4.69) is 15.0 Å². The van der Waals surface area contributed by atoms with Crippen molar-refractivity contribution in [2.75, 3.05) is 15.9 Å². The van der Waals surface area contributed by atoms with Crippen molar-refractivity contribution in [1.82, 2.24) is 10.3 Å². The normalized spacial score (nSPS) is 18.0. The molecule has 1 aliphatic heterocycles. The highest BCUT2D eigenvalue weighted by atomic mass is 32.2. The highest BCUT2D eigenvalue weighted by Gasteiger charge is 2.42. The zero-order valence-corrected chi connectivity index (χ0v) is 19.9.